The highest BCUT2D eigenvalue weighted by Crippen LogP contribution is 2.20. The molecule has 0 aliphatic rings. The van der Waals surface area contributed by atoms with Crippen LogP contribution in [0.2, 0.25) is 0 Å². The molecular formula is C19H13F2NO2S. The lowest BCUT2D eigenvalue weighted by atomic mass is 10.1. The van der Waals surface area contributed by atoms with E-state index in [0.29, 0.717) is 15.3 Å². The van der Waals surface area contributed by atoms with Gasteiger partial charge in [-0.3, -0.25) is 9.59 Å². The second kappa shape index (κ2) is 7.36. The first-order valence-electron chi connectivity index (χ1n) is 7.47. The van der Waals surface area contributed by atoms with Crippen molar-refractivity contribution >= 4 is 23.0 Å². The third-order valence-corrected chi connectivity index (χ3v) is 4.62. The summed E-state index contributed by atoms with van der Waals surface area (Å²) in [6.07, 6.45) is 0. The molecule has 3 aromatic rings. The summed E-state index contributed by atoms with van der Waals surface area (Å²) in [4.78, 5) is 25.5. The number of halogens is 2. The second-order valence-corrected chi connectivity index (χ2v) is 6.41. The number of benzene rings is 2. The van der Waals surface area contributed by atoms with Gasteiger partial charge in [-0.25, -0.2) is 8.78 Å². The molecular weight excluding hydrogens is 344 g/mol. The summed E-state index contributed by atoms with van der Waals surface area (Å²) in [5.41, 5.74) is -0.0343. The van der Waals surface area contributed by atoms with Gasteiger partial charge in [0.25, 0.3) is 5.91 Å². The first-order chi connectivity index (χ1) is 12.1. The molecule has 1 amide bonds. The number of carbonyl (C=O) groups excluding carboxylic acids is 2. The lowest BCUT2D eigenvalue weighted by Crippen LogP contribution is -2.24. The van der Waals surface area contributed by atoms with Crippen molar-refractivity contribution in [2.75, 3.05) is 0 Å². The molecule has 0 aliphatic carbocycles. The number of rotatable bonds is 5. The molecule has 1 heterocycles. The monoisotopic (exact) mass is 357 g/mol. The van der Waals surface area contributed by atoms with Crippen LogP contribution in [-0.4, -0.2) is 11.7 Å². The van der Waals surface area contributed by atoms with E-state index >= 15 is 0 Å². The van der Waals surface area contributed by atoms with Gasteiger partial charge in [0.05, 0.1) is 11.4 Å². The lowest BCUT2D eigenvalue weighted by Gasteiger charge is -2.05. The number of amides is 1. The van der Waals surface area contributed by atoms with E-state index in [2.05, 4.69) is 5.32 Å². The van der Waals surface area contributed by atoms with Crippen molar-refractivity contribution in [1.29, 1.82) is 0 Å². The molecule has 126 valence electrons. The summed E-state index contributed by atoms with van der Waals surface area (Å²) in [5.74, 6) is -2.77. The van der Waals surface area contributed by atoms with Gasteiger partial charge >= 0.3 is 0 Å². The minimum Gasteiger partial charge on any atom is -0.347 e. The van der Waals surface area contributed by atoms with E-state index in [4.69, 9.17) is 0 Å². The van der Waals surface area contributed by atoms with E-state index in [-0.39, 0.29) is 12.3 Å². The van der Waals surface area contributed by atoms with Crippen LogP contribution in [0.4, 0.5) is 8.78 Å². The van der Waals surface area contributed by atoms with Crippen molar-refractivity contribution in [3.8, 4) is 0 Å². The Hall–Kier alpha value is -2.86. The van der Waals surface area contributed by atoms with Crippen molar-refractivity contribution in [1.82, 2.24) is 5.32 Å². The molecule has 0 radical (unpaired) electrons. The normalized spacial score (nSPS) is 10.5. The smallest absolute Gasteiger partial charge is 0.257 e. The van der Waals surface area contributed by atoms with E-state index in [1.54, 1.807) is 36.4 Å². The van der Waals surface area contributed by atoms with Crippen LogP contribution in [0, 0.1) is 11.6 Å². The summed E-state index contributed by atoms with van der Waals surface area (Å²) in [6.45, 7) is 0.0827. The zero-order chi connectivity index (χ0) is 17.8. The summed E-state index contributed by atoms with van der Waals surface area (Å²) < 4.78 is 27.2. The summed E-state index contributed by atoms with van der Waals surface area (Å²) in [5, 5.41) is 2.47. The predicted octanol–water partition coefficient (Wildman–Crippen LogP) is 4.19. The Morgan fingerprint density at radius 2 is 1.56 bits per heavy atom. The fourth-order valence-electron chi connectivity index (χ4n) is 2.30. The minimum absolute atomic E-state index is 0.0827. The third-order valence-electron chi connectivity index (χ3n) is 3.53. The summed E-state index contributed by atoms with van der Waals surface area (Å²) in [7, 11) is 0. The molecule has 1 aromatic heterocycles. The first kappa shape index (κ1) is 17.0. The number of ketones is 1. The van der Waals surface area contributed by atoms with Gasteiger partial charge in [0.15, 0.2) is 0 Å². The molecule has 3 nitrogen and oxygen atoms in total. The highest BCUT2D eigenvalue weighted by molar-refractivity contribution is 7.14. The third kappa shape index (κ3) is 3.80. The number of carbonyl (C=O) groups is 2. The average molecular weight is 357 g/mol. The summed E-state index contributed by atoms with van der Waals surface area (Å²) >= 11 is 1.23. The molecule has 0 aliphatic heterocycles. The van der Waals surface area contributed by atoms with E-state index in [1.165, 1.54) is 17.4 Å². The van der Waals surface area contributed by atoms with Crippen LogP contribution in [0.5, 0.6) is 0 Å². The maximum Gasteiger partial charge on any atom is 0.257 e. The SMILES string of the molecule is O=C(c1ccccc1)c1ccc(CNC(=O)c2c(F)cccc2F)s1. The Kier molecular flexibility index (Phi) is 5.00. The number of hydrogen-bond donors (Lipinski definition) is 1. The van der Waals surface area contributed by atoms with E-state index in [1.807, 2.05) is 6.07 Å². The van der Waals surface area contributed by atoms with Crippen molar-refractivity contribution in [3.63, 3.8) is 0 Å². The van der Waals surface area contributed by atoms with Crippen molar-refractivity contribution in [2.45, 2.75) is 6.54 Å². The largest absolute Gasteiger partial charge is 0.347 e. The Labute approximate surface area is 146 Å². The minimum atomic E-state index is -0.913. The van der Waals surface area contributed by atoms with Gasteiger partial charge < -0.3 is 5.32 Å². The van der Waals surface area contributed by atoms with Crippen LogP contribution >= 0.6 is 11.3 Å². The molecule has 0 saturated heterocycles. The predicted molar refractivity (Wildman–Crippen MR) is 91.7 cm³/mol. The molecule has 3 rings (SSSR count). The molecule has 0 spiro atoms. The number of nitrogens with one attached hydrogen (secondary N) is 1. The van der Waals surface area contributed by atoms with Crippen LogP contribution in [0.1, 0.15) is 30.5 Å². The molecule has 6 heteroatoms. The standard InChI is InChI=1S/C19H13F2NO2S/c20-14-7-4-8-15(21)17(14)19(24)22-11-13-9-10-16(25-13)18(23)12-5-2-1-3-6-12/h1-10H,11H2,(H,22,24). The molecule has 25 heavy (non-hydrogen) atoms. The van der Waals surface area contributed by atoms with Crippen LogP contribution in [0.3, 0.4) is 0 Å². The topological polar surface area (TPSA) is 46.2 Å². The molecule has 0 atom stereocenters. The maximum absolute atomic E-state index is 13.6. The first-order valence-corrected chi connectivity index (χ1v) is 8.28. The highest BCUT2D eigenvalue weighted by atomic mass is 32.1. The molecule has 0 saturated carbocycles. The van der Waals surface area contributed by atoms with E-state index < -0.39 is 23.1 Å². The van der Waals surface area contributed by atoms with Gasteiger partial charge in [0.1, 0.15) is 17.2 Å². The van der Waals surface area contributed by atoms with Crippen molar-refractivity contribution in [2.24, 2.45) is 0 Å². The second-order valence-electron chi connectivity index (χ2n) is 5.24. The van der Waals surface area contributed by atoms with Crippen molar-refractivity contribution in [3.05, 3.63) is 93.2 Å². The van der Waals surface area contributed by atoms with E-state index in [9.17, 15) is 18.4 Å². The van der Waals surface area contributed by atoms with Crippen LogP contribution < -0.4 is 5.32 Å². The Morgan fingerprint density at radius 3 is 2.24 bits per heavy atom. The molecule has 0 bridgehead atoms. The fourth-order valence-corrected chi connectivity index (χ4v) is 3.21. The van der Waals surface area contributed by atoms with Gasteiger partial charge in [-0.05, 0) is 24.3 Å². The van der Waals surface area contributed by atoms with Gasteiger partial charge in [-0.2, -0.15) is 0 Å². The fraction of sp³-hybridized carbons (Fsp3) is 0.0526. The van der Waals surface area contributed by atoms with E-state index in [0.717, 1.165) is 12.1 Å². The number of thiophene rings is 1. The maximum atomic E-state index is 13.6. The van der Waals surface area contributed by atoms with Gasteiger partial charge in [-0.1, -0.05) is 36.4 Å². The van der Waals surface area contributed by atoms with Gasteiger partial charge in [-0.15, -0.1) is 11.3 Å². The molecule has 2 aromatic carbocycles. The van der Waals surface area contributed by atoms with Gasteiger partial charge in [0.2, 0.25) is 5.78 Å². The zero-order valence-electron chi connectivity index (χ0n) is 13.0. The quantitative estimate of drug-likeness (QED) is 0.696. The molecule has 1 N–H and O–H groups in total. The Bertz CT molecular complexity index is 902. The Balaban J connectivity index is 1.68. The highest BCUT2D eigenvalue weighted by Gasteiger charge is 2.17. The lowest BCUT2D eigenvalue weighted by molar-refractivity contribution is 0.0942. The van der Waals surface area contributed by atoms with Gasteiger partial charge in [0, 0.05) is 10.4 Å². The average Bonchev–Trinajstić information content (AvgIpc) is 3.09. The van der Waals surface area contributed by atoms with Crippen LogP contribution in [0.15, 0.2) is 60.7 Å². The Morgan fingerprint density at radius 1 is 0.880 bits per heavy atom. The molecule has 0 unspecified atom stereocenters. The zero-order valence-corrected chi connectivity index (χ0v) is 13.8. The summed E-state index contributed by atoms with van der Waals surface area (Å²) in [6, 6.07) is 15.5. The van der Waals surface area contributed by atoms with Crippen molar-refractivity contribution < 1.29 is 18.4 Å². The van der Waals surface area contributed by atoms with Crippen LogP contribution in [-0.2, 0) is 6.54 Å². The molecule has 0 fully saturated rings. The number of hydrogen-bond acceptors (Lipinski definition) is 3. The van der Waals surface area contributed by atoms with Crippen LogP contribution in [0.25, 0.3) is 0 Å².